The summed E-state index contributed by atoms with van der Waals surface area (Å²) in [6, 6.07) is 5.90. The van der Waals surface area contributed by atoms with Crippen molar-refractivity contribution in [1.29, 1.82) is 0 Å². The van der Waals surface area contributed by atoms with Crippen molar-refractivity contribution in [3.05, 3.63) is 58.8 Å². The maximum atomic E-state index is 12.7. The van der Waals surface area contributed by atoms with Gasteiger partial charge in [0.05, 0.1) is 11.1 Å². The first-order valence-corrected chi connectivity index (χ1v) is 8.67. The number of nitrogens with one attached hydrogen (secondary N) is 1. The smallest absolute Gasteiger partial charge is 0.252 e. The van der Waals surface area contributed by atoms with Gasteiger partial charge >= 0.3 is 0 Å². The number of carbonyl (C=O) groups excluding carboxylic acids is 1. The van der Waals surface area contributed by atoms with Gasteiger partial charge in [-0.15, -0.1) is 0 Å². The molecule has 3 rings (SSSR count). The third-order valence-corrected chi connectivity index (χ3v) is 4.63. The van der Waals surface area contributed by atoms with Crippen LogP contribution in [0.3, 0.4) is 0 Å². The van der Waals surface area contributed by atoms with Crippen molar-refractivity contribution in [3.63, 3.8) is 0 Å². The summed E-state index contributed by atoms with van der Waals surface area (Å²) in [5.41, 5.74) is 4.76. The first-order chi connectivity index (χ1) is 12.0. The van der Waals surface area contributed by atoms with Crippen LogP contribution in [-0.4, -0.2) is 27.0 Å². The van der Waals surface area contributed by atoms with Crippen LogP contribution >= 0.6 is 0 Å². The quantitative estimate of drug-likeness (QED) is 0.777. The molecule has 1 amide bonds. The summed E-state index contributed by atoms with van der Waals surface area (Å²) in [4.78, 5) is 21.7. The minimum absolute atomic E-state index is 0.0584. The molecular weight excluding hydrogens is 312 g/mol. The van der Waals surface area contributed by atoms with Gasteiger partial charge in [0.25, 0.3) is 5.91 Å². The van der Waals surface area contributed by atoms with Crippen LogP contribution < -0.4 is 5.32 Å². The Morgan fingerprint density at radius 1 is 1.24 bits per heavy atom. The van der Waals surface area contributed by atoms with Crippen LogP contribution in [0.5, 0.6) is 0 Å². The van der Waals surface area contributed by atoms with Crippen LogP contribution in [0.4, 0.5) is 0 Å². The second-order valence-electron chi connectivity index (χ2n) is 6.36. The van der Waals surface area contributed by atoms with Gasteiger partial charge in [0, 0.05) is 43.0 Å². The van der Waals surface area contributed by atoms with E-state index in [1.54, 1.807) is 6.20 Å². The van der Waals surface area contributed by atoms with Gasteiger partial charge in [-0.05, 0) is 38.0 Å². The minimum Gasteiger partial charge on any atom is -0.350 e. The van der Waals surface area contributed by atoms with Crippen LogP contribution in [0, 0.1) is 20.8 Å². The van der Waals surface area contributed by atoms with Gasteiger partial charge < -0.3 is 9.88 Å². The highest BCUT2D eigenvalue weighted by atomic mass is 16.1. The Labute approximate surface area is 148 Å². The van der Waals surface area contributed by atoms with Crippen LogP contribution in [0.2, 0.25) is 0 Å². The maximum Gasteiger partial charge on any atom is 0.252 e. The fourth-order valence-electron chi connectivity index (χ4n) is 3.09. The van der Waals surface area contributed by atoms with Crippen LogP contribution in [0.15, 0.2) is 30.6 Å². The highest BCUT2D eigenvalue weighted by Crippen LogP contribution is 2.23. The number of pyridine rings is 1. The normalized spacial score (nSPS) is 11.0. The predicted molar refractivity (Wildman–Crippen MR) is 99.9 cm³/mol. The molecule has 0 spiro atoms. The zero-order chi connectivity index (χ0) is 18.0. The summed E-state index contributed by atoms with van der Waals surface area (Å²) in [5, 5.41) is 3.93. The van der Waals surface area contributed by atoms with Gasteiger partial charge in [0.15, 0.2) is 0 Å². The first kappa shape index (κ1) is 17.1. The number of hydrogen-bond donors (Lipinski definition) is 1. The fraction of sp³-hybridized carbons (Fsp3) is 0.350. The molecule has 0 aliphatic heterocycles. The van der Waals surface area contributed by atoms with E-state index in [1.807, 2.05) is 31.3 Å². The zero-order valence-corrected chi connectivity index (χ0v) is 15.3. The molecule has 0 saturated carbocycles. The molecule has 0 unspecified atom stereocenters. The number of aryl methyl sites for hydroxylation is 4. The van der Waals surface area contributed by atoms with Gasteiger partial charge in [0.1, 0.15) is 5.82 Å². The maximum absolute atomic E-state index is 12.7. The molecule has 0 saturated heterocycles. The molecule has 0 aliphatic rings. The van der Waals surface area contributed by atoms with Gasteiger partial charge in [-0.2, -0.15) is 0 Å². The molecule has 0 radical (unpaired) electrons. The molecule has 3 aromatic rings. The Bertz CT molecular complexity index is 927. The Kier molecular flexibility index (Phi) is 4.83. The largest absolute Gasteiger partial charge is 0.350 e. The zero-order valence-electron chi connectivity index (χ0n) is 15.3. The number of carbonyl (C=O) groups is 1. The van der Waals surface area contributed by atoms with Gasteiger partial charge in [0.2, 0.25) is 0 Å². The number of nitrogens with zero attached hydrogens (tertiary/aromatic N) is 3. The predicted octanol–water partition coefficient (Wildman–Crippen LogP) is 3.35. The second kappa shape index (κ2) is 7.05. The van der Waals surface area contributed by atoms with Crippen LogP contribution in [-0.2, 0) is 13.0 Å². The molecule has 0 fully saturated rings. The van der Waals surface area contributed by atoms with Crippen LogP contribution in [0.1, 0.15) is 39.9 Å². The molecule has 0 bridgehead atoms. The van der Waals surface area contributed by atoms with E-state index < -0.39 is 0 Å². The molecule has 0 atom stereocenters. The third-order valence-electron chi connectivity index (χ3n) is 4.63. The van der Waals surface area contributed by atoms with E-state index in [2.05, 4.69) is 40.6 Å². The monoisotopic (exact) mass is 336 g/mol. The van der Waals surface area contributed by atoms with E-state index in [-0.39, 0.29) is 5.91 Å². The van der Waals surface area contributed by atoms with Gasteiger partial charge in [-0.1, -0.05) is 19.1 Å². The van der Waals surface area contributed by atoms with Crippen molar-refractivity contribution in [2.75, 3.05) is 6.54 Å². The molecule has 130 valence electrons. The van der Waals surface area contributed by atoms with Crippen molar-refractivity contribution < 1.29 is 4.79 Å². The Morgan fingerprint density at radius 2 is 2.04 bits per heavy atom. The molecule has 25 heavy (non-hydrogen) atoms. The molecule has 0 aliphatic carbocycles. The van der Waals surface area contributed by atoms with Crippen molar-refractivity contribution in [2.24, 2.45) is 0 Å². The number of imidazole rings is 1. The standard InChI is InChI=1S/C20H24N4O/c1-5-18-21-8-10-24(18)11-9-22-20(25)17-12-14(3)23-19-15(4)13(2)6-7-16(17)19/h6-8,10,12H,5,9,11H2,1-4H3,(H,22,25). The number of benzene rings is 1. The summed E-state index contributed by atoms with van der Waals surface area (Å²) in [7, 11) is 0. The lowest BCUT2D eigenvalue weighted by atomic mass is 10.0. The summed E-state index contributed by atoms with van der Waals surface area (Å²) < 4.78 is 2.07. The van der Waals surface area contributed by atoms with E-state index in [0.29, 0.717) is 12.1 Å². The second-order valence-corrected chi connectivity index (χ2v) is 6.36. The Hall–Kier alpha value is -2.69. The Morgan fingerprint density at radius 3 is 2.80 bits per heavy atom. The molecular formula is C20H24N4O. The highest BCUT2D eigenvalue weighted by molar-refractivity contribution is 6.07. The molecule has 2 aromatic heterocycles. The molecule has 5 nitrogen and oxygen atoms in total. The van der Waals surface area contributed by atoms with E-state index in [9.17, 15) is 4.79 Å². The number of aromatic nitrogens is 3. The number of hydrogen-bond acceptors (Lipinski definition) is 3. The summed E-state index contributed by atoms with van der Waals surface area (Å²) in [6.45, 7) is 9.40. The highest BCUT2D eigenvalue weighted by Gasteiger charge is 2.14. The average Bonchev–Trinajstić information content (AvgIpc) is 3.05. The van der Waals surface area contributed by atoms with Crippen molar-refractivity contribution in [2.45, 2.75) is 40.7 Å². The summed E-state index contributed by atoms with van der Waals surface area (Å²) >= 11 is 0. The summed E-state index contributed by atoms with van der Waals surface area (Å²) in [5.74, 6) is 0.975. The Balaban J connectivity index is 1.81. The van der Waals surface area contributed by atoms with Crippen LogP contribution in [0.25, 0.3) is 10.9 Å². The van der Waals surface area contributed by atoms with E-state index in [4.69, 9.17) is 0 Å². The van der Waals surface area contributed by atoms with Crippen molar-refractivity contribution in [1.82, 2.24) is 19.9 Å². The van der Waals surface area contributed by atoms with Gasteiger partial charge in [-0.25, -0.2) is 4.98 Å². The van der Waals surface area contributed by atoms with E-state index in [1.165, 1.54) is 5.56 Å². The number of rotatable bonds is 5. The summed E-state index contributed by atoms with van der Waals surface area (Å²) in [6.07, 6.45) is 4.63. The average molecular weight is 336 g/mol. The molecule has 1 aromatic carbocycles. The lowest BCUT2D eigenvalue weighted by Crippen LogP contribution is -2.28. The van der Waals surface area contributed by atoms with Crippen molar-refractivity contribution >= 4 is 16.8 Å². The number of fused-ring (bicyclic) bond motifs is 1. The number of amides is 1. The topological polar surface area (TPSA) is 59.8 Å². The molecule has 2 heterocycles. The lowest BCUT2D eigenvalue weighted by Gasteiger charge is -2.12. The first-order valence-electron chi connectivity index (χ1n) is 8.67. The minimum atomic E-state index is -0.0584. The lowest BCUT2D eigenvalue weighted by molar-refractivity contribution is 0.0953. The SMILES string of the molecule is CCc1nccn1CCNC(=O)c1cc(C)nc2c(C)c(C)ccc12. The fourth-order valence-corrected chi connectivity index (χ4v) is 3.09. The van der Waals surface area contributed by atoms with E-state index >= 15 is 0 Å². The van der Waals surface area contributed by atoms with Crippen molar-refractivity contribution in [3.8, 4) is 0 Å². The van der Waals surface area contributed by atoms with E-state index in [0.717, 1.165) is 41.0 Å². The molecule has 5 heteroatoms. The molecule has 1 N–H and O–H groups in total. The third kappa shape index (κ3) is 3.40. The van der Waals surface area contributed by atoms with Gasteiger partial charge in [-0.3, -0.25) is 9.78 Å².